The number of fused-ring (bicyclic) bond motifs is 1. The highest BCUT2D eigenvalue weighted by Crippen LogP contribution is 2.39. The first-order valence-corrected chi connectivity index (χ1v) is 4.51. The van der Waals surface area contributed by atoms with Crippen LogP contribution < -0.4 is 0 Å². The van der Waals surface area contributed by atoms with Crippen LogP contribution in [0.25, 0.3) is 0 Å². The lowest BCUT2D eigenvalue weighted by Gasteiger charge is -2.09. The molecule has 0 radical (unpaired) electrons. The average molecular weight is 180 g/mol. The van der Waals surface area contributed by atoms with Crippen molar-refractivity contribution in [1.29, 1.82) is 0 Å². The second kappa shape index (κ2) is 2.55. The summed E-state index contributed by atoms with van der Waals surface area (Å²) < 4.78 is 0. The molecule has 0 aromatic heterocycles. The maximum atomic E-state index is 11.3. The molecule has 0 spiro atoms. The van der Waals surface area contributed by atoms with Crippen LogP contribution in [0, 0.1) is 5.92 Å². The van der Waals surface area contributed by atoms with Crippen LogP contribution >= 0.6 is 11.8 Å². The minimum absolute atomic E-state index is 0.0816. The molecule has 62 valence electrons. The van der Waals surface area contributed by atoms with Gasteiger partial charge in [-0.2, -0.15) is 0 Å². The number of hydrogen-bond donors (Lipinski definition) is 0. The summed E-state index contributed by atoms with van der Waals surface area (Å²) in [7, 11) is 0. The van der Waals surface area contributed by atoms with Gasteiger partial charge in [0.05, 0.1) is 5.04 Å². The van der Waals surface area contributed by atoms with E-state index in [0.29, 0.717) is 0 Å². The molecule has 1 unspecified atom stereocenters. The summed E-state index contributed by atoms with van der Waals surface area (Å²) in [5.41, 5.74) is 1.10. The van der Waals surface area contributed by atoms with Gasteiger partial charge in [-0.15, -0.1) is 0 Å². The van der Waals surface area contributed by atoms with Gasteiger partial charge in [0.15, 0.2) is 0 Å². The molecule has 0 saturated heterocycles. The fourth-order valence-corrected chi connectivity index (χ4v) is 2.38. The van der Waals surface area contributed by atoms with Crippen LogP contribution in [-0.2, 0) is 4.79 Å². The maximum Gasteiger partial charge on any atom is 0.261 e. The molecule has 1 amide bonds. The molecule has 1 atom stereocenters. The van der Waals surface area contributed by atoms with E-state index in [-0.39, 0.29) is 11.8 Å². The molecule has 0 aromatic rings. The lowest BCUT2D eigenvalue weighted by molar-refractivity contribution is -0.118. The largest absolute Gasteiger partial charge is 0.271 e. The van der Waals surface area contributed by atoms with Crippen molar-refractivity contribution < 1.29 is 4.79 Å². The van der Waals surface area contributed by atoms with E-state index in [1.807, 2.05) is 13.8 Å². The Morgan fingerprint density at radius 3 is 2.92 bits per heavy atom. The third kappa shape index (κ3) is 0.948. The molecule has 12 heavy (non-hydrogen) atoms. The van der Waals surface area contributed by atoms with Crippen LogP contribution in [0.5, 0.6) is 0 Å². The van der Waals surface area contributed by atoms with Gasteiger partial charge in [0.25, 0.3) is 5.91 Å². The number of thioether (sulfide) groups is 1. The van der Waals surface area contributed by atoms with E-state index in [9.17, 15) is 4.79 Å². The molecule has 4 heteroatoms. The summed E-state index contributed by atoms with van der Waals surface area (Å²) in [6.07, 6.45) is 1.34. The van der Waals surface area contributed by atoms with E-state index in [2.05, 4.69) is 9.98 Å². The first-order valence-electron chi connectivity index (χ1n) is 3.69. The first kappa shape index (κ1) is 7.73. The van der Waals surface area contributed by atoms with E-state index < -0.39 is 0 Å². The van der Waals surface area contributed by atoms with E-state index in [1.54, 1.807) is 11.8 Å². The highest BCUT2D eigenvalue weighted by molar-refractivity contribution is 8.17. The predicted octanol–water partition coefficient (Wildman–Crippen LogP) is 1.61. The number of carbonyl (C=O) groups is 1. The molecule has 0 fully saturated rings. The molecule has 3 nitrogen and oxygen atoms in total. The first-order chi connectivity index (χ1) is 5.70. The maximum absolute atomic E-state index is 11.3. The number of aliphatic imine (C=N–C) groups is 2. The quantitative estimate of drug-likeness (QED) is 0.568. The van der Waals surface area contributed by atoms with Gasteiger partial charge in [0.2, 0.25) is 0 Å². The fraction of sp³-hybridized carbons (Fsp3) is 0.375. The number of hydrogen-bond acceptors (Lipinski definition) is 3. The van der Waals surface area contributed by atoms with Crippen molar-refractivity contribution in [3.05, 3.63) is 10.5 Å². The minimum atomic E-state index is -0.167. The molecule has 0 bridgehead atoms. The summed E-state index contributed by atoms with van der Waals surface area (Å²) in [6.45, 7) is 3.97. The van der Waals surface area contributed by atoms with Crippen LogP contribution in [0.4, 0.5) is 0 Å². The van der Waals surface area contributed by atoms with E-state index in [4.69, 9.17) is 0 Å². The Bertz CT molecular complexity index is 341. The average Bonchev–Trinajstić information content (AvgIpc) is 2.29. The number of rotatable bonds is 0. The van der Waals surface area contributed by atoms with Gasteiger partial charge >= 0.3 is 0 Å². The van der Waals surface area contributed by atoms with Gasteiger partial charge in [-0.25, -0.2) is 9.98 Å². The molecule has 2 rings (SSSR count). The Labute approximate surface area is 74.7 Å². The Hall–Kier alpha value is -0.900. The van der Waals surface area contributed by atoms with E-state index in [1.165, 1.54) is 11.2 Å². The normalized spacial score (nSPS) is 27.7. The molecule has 0 saturated carbocycles. The van der Waals surface area contributed by atoms with Crippen molar-refractivity contribution in [3.8, 4) is 0 Å². The molecular formula is C8H8N2OS. The third-order valence-corrected chi connectivity index (χ3v) is 3.29. The van der Waals surface area contributed by atoms with Gasteiger partial charge in [0.1, 0.15) is 12.3 Å². The highest BCUT2D eigenvalue weighted by atomic mass is 32.2. The van der Waals surface area contributed by atoms with Gasteiger partial charge in [-0.05, 0) is 24.3 Å². The van der Waals surface area contributed by atoms with Crippen molar-refractivity contribution in [2.75, 3.05) is 0 Å². The Morgan fingerprint density at radius 1 is 1.50 bits per heavy atom. The number of carbonyl (C=O) groups excluding carboxylic acids is 1. The third-order valence-electron chi connectivity index (χ3n) is 2.11. The second-order valence-electron chi connectivity index (χ2n) is 2.82. The van der Waals surface area contributed by atoms with Crippen molar-refractivity contribution >= 4 is 29.1 Å². The van der Waals surface area contributed by atoms with Crippen molar-refractivity contribution in [2.45, 2.75) is 13.8 Å². The number of allylic oxidation sites excluding steroid dienone is 1. The van der Waals surface area contributed by atoms with Crippen LogP contribution in [0.2, 0.25) is 0 Å². The standard InChI is InChI=1S/C8H8N2OS/c1-4-5(2)12-8-6(4)7(11)9-3-10-8/h3,6H,1-2H3. The van der Waals surface area contributed by atoms with Crippen LogP contribution in [0.1, 0.15) is 13.8 Å². The van der Waals surface area contributed by atoms with Crippen LogP contribution in [0.3, 0.4) is 0 Å². The summed E-state index contributed by atoms with van der Waals surface area (Å²) in [5, 5.41) is 0.880. The van der Waals surface area contributed by atoms with Crippen molar-refractivity contribution in [2.24, 2.45) is 15.9 Å². The van der Waals surface area contributed by atoms with Crippen LogP contribution in [0.15, 0.2) is 20.5 Å². The molecule has 2 heterocycles. The summed E-state index contributed by atoms with van der Waals surface area (Å²) in [5.74, 6) is -0.248. The lowest BCUT2D eigenvalue weighted by Crippen LogP contribution is -2.21. The minimum Gasteiger partial charge on any atom is -0.271 e. The monoisotopic (exact) mass is 180 g/mol. The number of nitrogens with zero attached hydrogens (tertiary/aromatic N) is 2. The molecule has 0 N–H and O–H groups in total. The SMILES string of the molecule is CC1=C(C)C2C(=O)N=CN=C2S1. The van der Waals surface area contributed by atoms with Gasteiger partial charge < -0.3 is 0 Å². The highest BCUT2D eigenvalue weighted by Gasteiger charge is 2.34. The predicted molar refractivity (Wildman–Crippen MR) is 50.4 cm³/mol. The van der Waals surface area contributed by atoms with Crippen LogP contribution in [-0.4, -0.2) is 17.3 Å². The van der Waals surface area contributed by atoms with Crippen molar-refractivity contribution in [3.63, 3.8) is 0 Å². The zero-order valence-electron chi connectivity index (χ0n) is 6.87. The van der Waals surface area contributed by atoms with E-state index in [0.717, 1.165) is 10.6 Å². The van der Waals surface area contributed by atoms with Gasteiger partial charge in [0, 0.05) is 0 Å². The van der Waals surface area contributed by atoms with Gasteiger partial charge in [-0.1, -0.05) is 11.8 Å². The topological polar surface area (TPSA) is 41.8 Å². The lowest BCUT2D eigenvalue weighted by atomic mass is 10.0. The summed E-state index contributed by atoms with van der Waals surface area (Å²) in [4.78, 5) is 20.2. The molecule has 2 aliphatic heterocycles. The van der Waals surface area contributed by atoms with Gasteiger partial charge in [-0.3, -0.25) is 4.79 Å². The summed E-state index contributed by atoms with van der Waals surface area (Å²) in [6, 6.07) is 0. The number of amides is 1. The fourth-order valence-electron chi connectivity index (χ4n) is 1.29. The summed E-state index contributed by atoms with van der Waals surface area (Å²) >= 11 is 1.58. The zero-order valence-corrected chi connectivity index (χ0v) is 7.68. The molecule has 0 aromatic carbocycles. The second-order valence-corrected chi connectivity index (χ2v) is 4.06. The molecule has 0 aliphatic carbocycles. The van der Waals surface area contributed by atoms with E-state index >= 15 is 0 Å². The Morgan fingerprint density at radius 2 is 2.25 bits per heavy atom. The Kier molecular flexibility index (Phi) is 1.65. The van der Waals surface area contributed by atoms with Crippen molar-refractivity contribution in [1.82, 2.24) is 0 Å². The zero-order chi connectivity index (χ0) is 8.72. The molecular weight excluding hydrogens is 172 g/mol. The smallest absolute Gasteiger partial charge is 0.261 e. The Balaban J connectivity index is 2.45. The molecule has 2 aliphatic rings.